The van der Waals surface area contributed by atoms with Crippen molar-refractivity contribution in [2.24, 2.45) is 0 Å². The number of rotatable bonds is 7. The first-order chi connectivity index (χ1) is 8.98. The Hall–Kier alpha value is -1.30. The zero-order valence-corrected chi connectivity index (χ0v) is 12.7. The molecule has 0 unspecified atom stereocenters. The van der Waals surface area contributed by atoms with E-state index in [0.29, 0.717) is 11.6 Å². The van der Waals surface area contributed by atoms with E-state index in [1.165, 1.54) is 6.20 Å². The van der Waals surface area contributed by atoms with Crippen LogP contribution in [0.3, 0.4) is 0 Å². The Bertz CT molecular complexity index is 439. The number of nitrogens with zero attached hydrogens (tertiary/aromatic N) is 2. The lowest BCUT2D eigenvalue weighted by atomic mass is 10.0. The fourth-order valence-corrected chi connectivity index (χ4v) is 2.66. The van der Waals surface area contributed by atoms with Crippen molar-refractivity contribution >= 4 is 23.7 Å². The van der Waals surface area contributed by atoms with Gasteiger partial charge in [0, 0.05) is 17.5 Å². The summed E-state index contributed by atoms with van der Waals surface area (Å²) in [4.78, 5) is 19.1. The minimum atomic E-state index is -0.996. The lowest BCUT2D eigenvalue weighted by Gasteiger charge is -2.29. The van der Waals surface area contributed by atoms with E-state index in [0.717, 1.165) is 19.4 Å². The average Bonchev–Trinajstić information content (AvgIpc) is 2.40. The predicted molar refractivity (Wildman–Crippen MR) is 79.0 cm³/mol. The van der Waals surface area contributed by atoms with Crippen molar-refractivity contribution in [2.75, 3.05) is 18.1 Å². The summed E-state index contributed by atoms with van der Waals surface area (Å²) >= 11 is 1.84. The zero-order valence-electron chi connectivity index (χ0n) is 11.9. The van der Waals surface area contributed by atoms with Crippen LogP contribution in [0.1, 0.15) is 42.7 Å². The first-order valence-electron chi connectivity index (χ1n) is 6.34. The van der Waals surface area contributed by atoms with E-state index in [2.05, 4.69) is 35.4 Å². The molecular weight excluding hydrogens is 262 g/mol. The molecule has 5 nitrogen and oxygen atoms in total. The average molecular weight is 283 g/mol. The molecule has 6 heteroatoms. The molecule has 0 fully saturated rings. The largest absolute Gasteiger partial charge is 0.478 e. The zero-order chi connectivity index (χ0) is 14.5. The molecule has 106 valence electrons. The number of thioether (sulfide) groups is 1. The number of aromatic carboxylic acids is 1. The summed E-state index contributed by atoms with van der Waals surface area (Å²) in [6.45, 7) is 6.79. The number of anilines is 1. The summed E-state index contributed by atoms with van der Waals surface area (Å²) in [5, 5.41) is 12.1. The number of nitrogens with one attached hydrogen (secondary N) is 1. The number of carboxylic acids is 1. The van der Waals surface area contributed by atoms with Gasteiger partial charge in [0.05, 0.1) is 11.3 Å². The maximum absolute atomic E-state index is 10.9. The molecule has 0 amide bonds. The van der Waals surface area contributed by atoms with Gasteiger partial charge >= 0.3 is 5.97 Å². The number of aromatic nitrogens is 2. The van der Waals surface area contributed by atoms with Crippen LogP contribution in [0.15, 0.2) is 6.20 Å². The van der Waals surface area contributed by atoms with Gasteiger partial charge in [0.15, 0.2) is 0 Å². The van der Waals surface area contributed by atoms with E-state index in [1.54, 1.807) is 6.92 Å². The van der Waals surface area contributed by atoms with Gasteiger partial charge in [0.2, 0.25) is 5.95 Å². The first kappa shape index (κ1) is 15.8. The van der Waals surface area contributed by atoms with Crippen molar-refractivity contribution in [1.82, 2.24) is 9.97 Å². The molecule has 0 radical (unpaired) electrons. The minimum Gasteiger partial charge on any atom is -0.478 e. The van der Waals surface area contributed by atoms with Gasteiger partial charge in [-0.15, -0.1) is 0 Å². The minimum absolute atomic E-state index is 0.146. The Balaban J connectivity index is 2.78. The van der Waals surface area contributed by atoms with Gasteiger partial charge in [-0.3, -0.25) is 0 Å². The Morgan fingerprint density at radius 3 is 2.53 bits per heavy atom. The molecule has 1 heterocycles. The third-order valence-corrected chi connectivity index (χ3v) is 5.09. The number of hydrogen-bond donors (Lipinski definition) is 2. The van der Waals surface area contributed by atoms with Crippen LogP contribution in [0.4, 0.5) is 5.95 Å². The summed E-state index contributed by atoms with van der Waals surface area (Å²) in [5.41, 5.74) is 0.625. The molecule has 0 bridgehead atoms. The fourth-order valence-electron chi connectivity index (χ4n) is 1.86. The molecule has 0 saturated carbocycles. The summed E-state index contributed by atoms with van der Waals surface area (Å²) in [5.74, 6) is -0.507. The van der Waals surface area contributed by atoms with Crippen LogP contribution in [0.5, 0.6) is 0 Å². The molecule has 0 aliphatic rings. The number of aryl methyl sites for hydroxylation is 1. The Morgan fingerprint density at radius 2 is 2.11 bits per heavy atom. The molecular formula is C13H21N3O2S. The third kappa shape index (κ3) is 3.83. The van der Waals surface area contributed by atoms with Crippen LogP contribution in [0.25, 0.3) is 0 Å². The van der Waals surface area contributed by atoms with Crippen molar-refractivity contribution in [3.8, 4) is 0 Å². The second kappa shape index (κ2) is 6.75. The Labute approximate surface area is 118 Å². The molecule has 2 N–H and O–H groups in total. The van der Waals surface area contributed by atoms with Crippen molar-refractivity contribution in [1.29, 1.82) is 0 Å². The summed E-state index contributed by atoms with van der Waals surface area (Å²) in [7, 11) is 0. The van der Waals surface area contributed by atoms with Gasteiger partial charge < -0.3 is 10.4 Å². The van der Waals surface area contributed by atoms with Crippen LogP contribution in [0.2, 0.25) is 0 Å². The highest BCUT2D eigenvalue weighted by molar-refractivity contribution is 8.00. The van der Waals surface area contributed by atoms with Gasteiger partial charge in [-0.25, -0.2) is 14.8 Å². The standard InChI is InChI=1S/C13H21N3O2S/c1-5-13(6-2,19-4)8-15-12-14-7-10(11(17)18)9(3)16-12/h7H,5-6,8H2,1-4H3,(H,17,18)(H,14,15,16). The highest BCUT2D eigenvalue weighted by atomic mass is 32.2. The van der Waals surface area contributed by atoms with Crippen molar-refractivity contribution in [2.45, 2.75) is 38.4 Å². The summed E-state index contributed by atoms with van der Waals surface area (Å²) in [6.07, 6.45) is 5.58. The van der Waals surface area contributed by atoms with E-state index in [1.807, 2.05) is 11.8 Å². The second-order valence-electron chi connectivity index (χ2n) is 4.45. The van der Waals surface area contributed by atoms with E-state index in [9.17, 15) is 4.79 Å². The quantitative estimate of drug-likeness (QED) is 0.801. The molecule has 0 aliphatic carbocycles. The second-order valence-corrected chi connectivity index (χ2v) is 5.72. The maximum Gasteiger partial charge on any atom is 0.339 e. The highest BCUT2D eigenvalue weighted by Crippen LogP contribution is 2.30. The molecule has 19 heavy (non-hydrogen) atoms. The van der Waals surface area contributed by atoms with Crippen LogP contribution in [-0.4, -0.2) is 38.6 Å². The molecule has 1 aromatic rings. The van der Waals surface area contributed by atoms with Crippen molar-refractivity contribution < 1.29 is 9.90 Å². The molecule has 1 rings (SSSR count). The van der Waals surface area contributed by atoms with Gasteiger partial charge in [0.1, 0.15) is 0 Å². The van der Waals surface area contributed by atoms with Crippen LogP contribution < -0.4 is 5.32 Å². The molecule has 0 aromatic carbocycles. The maximum atomic E-state index is 10.9. The SMILES string of the molecule is CCC(CC)(CNc1ncc(C(=O)O)c(C)n1)SC. The van der Waals surface area contributed by atoms with E-state index < -0.39 is 5.97 Å². The molecule has 0 spiro atoms. The summed E-state index contributed by atoms with van der Waals surface area (Å²) < 4.78 is 0.169. The number of hydrogen-bond acceptors (Lipinski definition) is 5. The highest BCUT2D eigenvalue weighted by Gasteiger charge is 2.24. The van der Waals surface area contributed by atoms with E-state index in [4.69, 9.17) is 5.11 Å². The lowest BCUT2D eigenvalue weighted by Crippen LogP contribution is -2.32. The van der Waals surface area contributed by atoms with Crippen LogP contribution in [-0.2, 0) is 0 Å². The van der Waals surface area contributed by atoms with E-state index in [-0.39, 0.29) is 10.3 Å². The number of carboxylic acid groups (broad SMARTS) is 1. The van der Waals surface area contributed by atoms with E-state index >= 15 is 0 Å². The Morgan fingerprint density at radius 1 is 1.47 bits per heavy atom. The lowest BCUT2D eigenvalue weighted by molar-refractivity contribution is 0.0695. The molecule has 0 aliphatic heterocycles. The molecule has 0 saturated heterocycles. The van der Waals surface area contributed by atoms with Crippen LogP contribution in [0, 0.1) is 6.92 Å². The predicted octanol–water partition coefficient (Wildman–Crippen LogP) is 2.82. The number of carbonyl (C=O) groups is 1. The molecule has 0 atom stereocenters. The van der Waals surface area contributed by atoms with Crippen molar-refractivity contribution in [3.63, 3.8) is 0 Å². The fraction of sp³-hybridized carbons (Fsp3) is 0.615. The van der Waals surface area contributed by atoms with Crippen molar-refractivity contribution in [3.05, 3.63) is 17.5 Å². The van der Waals surface area contributed by atoms with Gasteiger partial charge in [-0.2, -0.15) is 11.8 Å². The topological polar surface area (TPSA) is 75.1 Å². The summed E-state index contributed by atoms with van der Waals surface area (Å²) in [6, 6.07) is 0. The van der Waals surface area contributed by atoms with Crippen LogP contribution >= 0.6 is 11.8 Å². The molecule has 1 aromatic heterocycles. The monoisotopic (exact) mass is 283 g/mol. The van der Waals surface area contributed by atoms with Gasteiger partial charge in [0.25, 0.3) is 0 Å². The Kier molecular flexibility index (Phi) is 5.60. The third-order valence-electron chi connectivity index (χ3n) is 3.50. The smallest absolute Gasteiger partial charge is 0.339 e. The van der Waals surface area contributed by atoms with Gasteiger partial charge in [-0.05, 0) is 26.0 Å². The first-order valence-corrected chi connectivity index (χ1v) is 7.56. The van der Waals surface area contributed by atoms with Gasteiger partial charge in [-0.1, -0.05) is 13.8 Å². The normalized spacial score (nSPS) is 11.4.